The van der Waals surface area contributed by atoms with Gasteiger partial charge in [0, 0.05) is 0 Å². The molecule has 0 aromatic heterocycles. The molecule has 0 amide bonds. The molecule has 0 aromatic carbocycles. The predicted octanol–water partition coefficient (Wildman–Crippen LogP) is 5.04. The minimum Gasteiger partial charge on any atom is -0.242 e. The van der Waals surface area contributed by atoms with Crippen molar-refractivity contribution < 1.29 is 57.1 Å². The van der Waals surface area contributed by atoms with Gasteiger partial charge in [-0.25, -0.2) is 22.0 Å². The van der Waals surface area contributed by atoms with E-state index >= 15 is 0 Å². The monoisotopic (exact) mass is 446 g/mol. The van der Waals surface area contributed by atoms with E-state index in [0.717, 1.165) is 0 Å². The van der Waals surface area contributed by atoms with Crippen molar-refractivity contribution >= 4 is 29.6 Å². The van der Waals surface area contributed by atoms with Crippen molar-refractivity contribution in [2.75, 3.05) is 0 Å². The van der Waals surface area contributed by atoms with Crippen LogP contribution in [-0.4, -0.2) is 55.7 Å². The Morgan fingerprint density at radius 1 is 0.625 bits per heavy atom. The Morgan fingerprint density at radius 2 is 0.958 bits per heavy atom. The summed E-state index contributed by atoms with van der Waals surface area (Å²) in [4.78, 5) is 0. The normalized spacial score (nSPS) is 18.9. The molecule has 0 saturated heterocycles. The van der Waals surface area contributed by atoms with Crippen LogP contribution in [0.4, 0.5) is 57.1 Å². The molecule has 16 heteroatoms. The van der Waals surface area contributed by atoms with Gasteiger partial charge in [-0.05, 0) is 0 Å². The molecule has 146 valence electrons. The number of halogens is 15. The Labute approximate surface area is 135 Å². The van der Waals surface area contributed by atoms with E-state index in [4.69, 9.17) is 0 Å². The van der Waals surface area contributed by atoms with Gasteiger partial charge in [0.1, 0.15) is 0 Å². The molecule has 0 aliphatic carbocycles. The van der Waals surface area contributed by atoms with Gasteiger partial charge in [-0.1, -0.05) is 0 Å². The lowest BCUT2D eigenvalue weighted by Gasteiger charge is -2.39. The van der Waals surface area contributed by atoms with Crippen LogP contribution in [0.5, 0.6) is 0 Å². The summed E-state index contributed by atoms with van der Waals surface area (Å²) in [7, 11) is -4.49. The van der Waals surface area contributed by atoms with E-state index in [1.807, 2.05) is 0 Å². The highest BCUT2D eigenvalue weighted by Gasteiger charge is 2.85. The summed E-state index contributed by atoms with van der Waals surface area (Å²) in [6.07, 6.45) is -14.7. The fourth-order valence-electron chi connectivity index (χ4n) is 1.25. The van der Waals surface area contributed by atoms with Gasteiger partial charge in [-0.3, -0.25) is 0 Å². The molecule has 0 nitrogen and oxygen atoms in total. The molecule has 0 saturated carbocycles. The highest BCUT2D eigenvalue weighted by atomic mass is 35.7. The summed E-state index contributed by atoms with van der Waals surface area (Å²) in [5.74, 6) is -32.9. The molecule has 0 aromatic rings. The van der Waals surface area contributed by atoms with Crippen molar-refractivity contribution in [3.8, 4) is 0 Å². The summed E-state index contributed by atoms with van der Waals surface area (Å²) in [6, 6.07) is 0. The summed E-state index contributed by atoms with van der Waals surface area (Å²) in [5, 5.41) is 0. The molecule has 0 rings (SSSR count). The Kier molecular flexibility index (Phi) is 7.22. The van der Waals surface area contributed by atoms with E-state index in [1.54, 1.807) is 0 Å². The molecule has 24 heavy (non-hydrogen) atoms. The van der Waals surface area contributed by atoms with Crippen LogP contribution in [-0.2, 0) is 0 Å². The highest BCUT2D eigenvalue weighted by molar-refractivity contribution is 7.34. The summed E-state index contributed by atoms with van der Waals surface area (Å²) >= 11 is 9.18. The topological polar surface area (TPSA) is 0 Å². The predicted molar refractivity (Wildman–Crippen MR) is 59.3 cm³/mol. The molecule has 0 N–H and O–H groups in total. The lowest BCUT2D eigenvalue weighted by atomic mass is 9.94. The molecular formula is C8H5Cl2F13Si. The number of alkyl halides is 13. The first kappa shape index (κ1) is 23.9. The van der Waals surface area contributed by atoms with Crippen molar-refractivity contribution in [3.63, 3.8) is 0 Å². The van der Waals surface area contributed by atoms with Crippen molar-refractivity contribution in [1.82, 2.24) is 0 Å². The summed E-state index contributed by atoms with van der Waals surface area (Å²) in [6.45, 7) is 0. The first-order valence-electron chi connectivity index (χ1n) is 5.37. The van der Waals surface area contributed by atoms with Gasteiger partial charge in [0.15, 0.2) is 12.0 Å². The van der Waals surface area contributed by atoms with E-state index in [-0.39, 0.29) is 0 Å². The molecular weight excluding hydrogens is 442 g/mol. The van der Waals surface area contributed by atoms with Gasteiger partial charge in [0.05, 0.1) is 0 Å². The molecule has 0 radical (unpaired) electrons. The van der Waals surface area contributed by atoms with Crippen molar-refractivity contribution in [1.29, 1.82) is 0 Å². The van der Waals surface area contributed by atoms with Crippen molar-refractivity contribution in [2.24, 2.45) is 0 Å². The molecule has 0 spiro atoms. The fraction of sp³-hybridized carbons (Fsp3) is 1.00. The summed E-state index contributed by atoms with van der Waals surface area (Å²) < 4.78 is 166. The molecule has 0 heterocycles. The molecule has 3 atom stereocenters. The third kappa shape index (κ3) is 3.69. The molecule has 0 bridgehead atoms. The maximum Gasteiger partial charge on any atom is 0.381 e. The summed E-state index contributed by atoms with van der Waals surface area (Å²) in [5.41, 5.74) is 0. The second-order valence-corrected chi connectivity index (χ2v) is 9.06. The smallest absolute Gasteiger partial charge is 0.242 e. The van der Waals surface area contributed by atoms with Gasteiger partial charge in [-0.15, -0.1) is 22.2 Å². The minimum atomic E-state index is -7.47. The second-order valence-electron chi connectivity index (χ2n) is 4.31. The van der Waals surface area contributed by atoms with Gasteiger partial charge in [0.2, 0.25) is 6.17 Å². The number of hydrogen-bond acceptors (Lipinski definition) is 0. The average molecular weight is 447 g/mol. The SMILES string of the molecule is FC(F)C(F)C(F)C(F)(F)C(F)(F)C(F)(F)C(F)(F)C(F)[SiH](Cl)Cl. The van der Waals surface area contributed by atoms with Crippen LogP contribution in [0.3, 0.4) is 0 Å². The van der Waals surface area contributed by atoms with E-state index < -0.39 is 55.7 Å². The number of rotatable bonds is 8. The van der Waals surface area contributed by atoms with Gasteiger partial charge in [-0.2, -0.15) is 35.1 Å². The zero-order valence-electron chi connectivity index (χ0n) is 10.6. The average Bonchev–Trinajstić information content (AvgIpc) is 2.43. The van der Waals surface area contributed by atoms with Gasteiger partial charge >= 0.3 is 23.7 Å². The molecule has 0 aliphatic heterocycles. The Morgan fingerprint density at radius 3 is 1.25 bits per heavy atom. The third-order valence-electron chi connectivity index (χ3n) is 2.67. The van der Waals surface area contributed by atoms with E-state index in [9.17, 15) is 57.1 Å². The minimum absolute atomic E-state index is 4.40. The zero-order chi connectivity index (χ0) is 19.9. The molecule has 0 aliphatic rings. The lowest BCUT2D eigenvalue weighted by molar-refractivity contribution is -0.383. The first-order valence-corrected chi connectivity index (χ1v) is 9.52. The van der Waals surface area contributed by atoms with Crippen LogP contribution in [0.15, 0.2) is 0 Å². The third-order valence-corrected chi connectivity index (χ3v) is 4.85. The Balaban J connectivity index is 6.00. The lowest BCUT2D eigenvalue weighted by Crippen LogP contribution is -2.68. The van der Waals surface area contributed by atoms with Crippen LogP contribution in [0.25, 0.3) is 0 Å². The molecule has 0 fully saturated rings. The fourth-order valence-corrected chi connectivity index (χ4v) is 2.73. The van der Waals surface area contributed by atoms with Gasteiger partial charge in [0.25, 0.3) is 13.8 Å². The Bertz CT molecular complexity index is 428. The van der Waals surface area contributed by atoms with E-state index in [1.165, 1.54) is 0 Å². The standard InChI is InChI=1S/C8H5Cl2F13Si/c9-24(10)4(15)6(18,19)8(22,23)7(20,21)5(16,17)2(12)1(11)3(13)14/h1-4,24H. The maximum absolute atomic E-state index is 13.1. The molecule has 3 unspecified atom stereocenters. The van der Waals surface area contributed by atoms with Crippen LogP contribution in [0, 0.1) is 0 Å². The van der Waals surface area contributed by atoms with Crippen LogP contribution < -0.4 is 0 Å². The van der Waals surface area contributed by atoms with Crippen LogP contribution in [0.2, 0.25) is 0 Å². The van der Waals surface area contributed by atoms with E-state index in [0.29, 0.717) is 0 Å². The van der Waals surface area contributed by atoms with Crippen molar-refractivity contribution in [3.05, 3.63) is 0 Å². The highest BCUT2D eigenvalue weighted by Crippen LogP contribution is 2.56. The van der Waals surface area contributed by atoms with E-state index in [2.05, 4.69) is 22.2 Å². The quantitative estimate of drug-likeness (QED) is 0.278. The van der Waals surface area contributed by atoms with Crippen LogP contribution >= 0.6 is 22.2 Å². The first-order chi connectivity index (χ1) is 10.4. The van der Waals surface area contributed by atoms with Crippen LogP contribution in [0.1, 0.15) is 0 Å². The maximum atomic E-state index is 13.1. The van der Waals surface area contributed by atoms with Gasteiger partial charge < -0.3 is 0 Å². The largest absolute Gasteiger partial charge is 0.381 e. The van der Waals surface area contributed by atoms with Crippen molar-refractivity contribution in [2.45, 2.75) is 48.3 Å². The Hall–Kier alpha value is -0.113. The zero-order valence-corrected chi connectivity index (χ0v) is 13.2. The second kappa shape index (κ2) is 7.25. The number of hydrogen-bond donors (Lipinski definition) is 0.